The van der Waals surface area contributed by atoms with Crippen LogP contribution in [0.2, 0.25) is 6.04 Å². The third-order valence-corrected chi connectivity index (χ3v) is 4.30. The molecule has 0 aliphatic heterocycles. The third kappa shape index (κ3) is 3.31. The van der Waals surface area contributed by atoms with Gasteiger partial charge < -0.3 is 23.2 Å². The molecule has 0 bridgehead atoms. The highest BCUT2D eigenvalue weighted by Crippen LogP contribution is 2.13. The fourth-order valence-electron chi connectivity index (χ4n) is 0.811. The van der Waals surface area contributed by atoms with Crippen molar-refractivity contribution in [1.82, 2.24) is 0 Å². The summed E-state index contributed by atoms with van der Waals surface area (Å²) in [5.41, 5.74) is 0. The van der Waals surface area contributed by atoms with Crippen LogP contribution in [-0.2, 0) is 18.1 Å². The van der Waals surface area contributed by atoms with Crippen LogP contribution >= 0.6 is 0 Å². The van der Waals surface area contributed by atoms with Crippen molar-refractivity contribution >= 4 is 14.8 Å². The largest absolute Gasteiger partial charge is 0.550 e. The zero-order valence-corrected chi connectivity index (χ0v) is 8.46. The van der Waals surface area contributed by atoms with Gasteiger partial charge in [0.25, 0.3) is 0 Å². The normalized spacial score (nSPS) is 11.6. The standard InChI is InChI=1S/C6H14O5Si/c1-9-12(10-2,11-3)5-4-6(7)8/h4-5H2,1-3H3,(H,7,8)/p-1. The van der Waals surface area contributed by atoms with E-state index in [1.807, 2.05) is 0 Å². The van der Waals surface area contributed by atoms with Crippen molar-refractivity contribution in [1.29, 1.82) is 0 Å². The van der Waals surface area contributed by atoms with E-state index in [0.717, 1.165) is 0 Å². The van der Waals surface area contributed by atoms with E-state index >= 15 is 0 Å². The summed E-state index contributed by atoms with van der Waals surface area (Å²) in [5, 5.41) is 10.1. The summed E-state index contributed by atoms with van der Waals surface area (Å²) in [6.07, 6.45) is -0.109. The van der Waals surface area contributed by atoms with Gasteiger partial charge in [-0.2, -0.15) is 0 Å². The SMILES string of the molecule is CO[Si](CCC(=O)[O-])(OC)OC. The van der Waals surface area contributed by atoms with Crippen molar-refractivity contribution < 1.29 is 23.2 Å². The summed E-state index contributed by atoms with van der Waals surface area (Å²) in [7, 11) is 1.62. The first-order chi connectivity index (χ1) is 5.60. The van der Waals surface area contributed by atoms with Gasteiger partial charge in [0.05, 0.1) is 0 Å². The Labute approximate surface area is 72.6 Å². The number of hydrogen-bond donors (Lipinski definition) is 0. The van der Waals surface area contributed by atoms with Crippen molar-refractivity contribution in [2.75, 3.05) is 21.3 Å². The molecule has 0 fully saturated rings. The quantitative estimate of drug-likeness (QED) is 0.506. The van der Waals surface area contributed by atoms with Gasteiger partial charge in [-0.25, -0.2) is 0 Å². The third-order valence-electron chi connectivity index (χ3n) is 1.57. The number of aliphatic carboxylic acids is 1. The lowest BCUT2D eigenvalue weighted by molar-refractivity contribution is -0.305. The Kier molecular flexibility index (Phi) is 5.06. The number of carboxylic acid groups (broad SMARTS) is 1. The lowest BCUT2D eigenvalue weighted by Crippen LogP contribution is -2.43. The topological polar surface area (TPSA) is 67.8 Å². The Morgan fingerprint density at radius 3 is 1.92 bits per heavy atom. The van der Waals surface area contributed by atoms with E-state index in [9.17, 15) is 9.90 Å². The smallest absolute Gasteiger partial charge is 0.500 e. The Morgan fingerprint density at radius 2 is 1.67 bits per heavy atom. The van der Waals surface area contributed by atoms with E-state index in [1.54, 1.807) is 0 Å². The van der Waals surface area contributed by atoms with Crippen LogP contribution in [0.1, 0.15) is 6.42 Å². The Hall–Kier alpha value is -0.433. The average molecular weight is 193 g/mol. The molecule has 0 aliphatic rings. The van der Waals surface area contributed by atoms with E-state index in [0.29, 0.717) is 0 Å². The second kappa shape index (κ2) is 5.25. The van der Waals surface area contributed by atoms with E-state index in [2.05, 4.69) is 0 Å². The van der Waals surface area contributed by atoms with E-state index in [4.69, 9.17) is 13.3 Å². The minimum atomic E-state index is -2.70. The zero-order chi connectivity index (χ0) is 9.61. The Balaban J connectivity index is 4.01. The molecular weight excluding hydrogens is 180 g/mol. The first-order valence-electron chi connectivity index (χ1n) is 3.45. The second-order valence-electron chi connectivity index (χ2n) is 2.17. The molecule has 0 N–H and O–H groups in total. The lowest BCUT2D eigenvalue weighted by atomic mass is 10.5. The van der Waals surface area contributed by atoms with Crippen molar-refractivity contribution in [3.8, 4) is 0 Å². The van der Waals surface area contributed by atoms with Crippen LogP contribution in [0.5, 0.6) is 0 Å². The highest BCUT2D eigenvalue weighted by Gasteiger charge is 2.36. The fourth-order valence-corrected chi connectivity index (χ4v) is 2.43. The van der Waals surface area contributed by atoms with Crippen LogP contribution in [0.15, 0.2) is 0 Å². The number of carbonyl (C=O) groups excluding carboxylic acids is 1. The first kappa shape index (κ1) is 11.6. The maximum Gasteiger partial charge on any atom is 0.500 e. The number of carboxylic acids is 1. The van der Waals surface area contributed by atoms with Gasteiger partial charge in [0.1, 0.15) is 0 Å². The van der Waals surface area contributed by atoms with Gasteiger partial charge in [0.2, 0.25) is 0 Å². The van der Waals surface area contributed by atoms with Crippen LogP contribution in [-0.4, -0.2) is 36.1 Å². The molecule has 0 radical (unpaired) electrons. The summed E-state index contributed by atoms with van der Waals surface area (Å²) in [4.78, 5) is 10.1. The molecule has 0 aliphatic carbocycles. The van der Waals surface area contributed by atoms with Gasteiger partial charge in [0.15, 0.2) is 0 Å². The molecule has 6 heteroatoms. The van der Waals surface area contributed by atoms with Crippen LogP contribution in [0.25, 0.3) is 0 Å². The molecule has 0 rings (SSSR count). The van der Waals surface area contributed by atoms with Crippen molar-refractivity contribution in [3.05, 3.63) is 0 Å². The fraction of sp³-hybridized carbons (Fsp3) is 0.833. The number of rotatable bonds is 6. The molecule has 12 heavy (non-hydrogen) atoms. The minimum Gasteiger partial charge on any atom is -0.550 e. The first-order valence-corrected chi connectivity index (χ1v) is 5.38. The molecule has 0 amide bonds. The highest BCUT2D eigenvalue weighted by atomic mass is 28.4. The molecule has 0 atom stereocenters. The molecule has 0 aromatic carbocycles. The molecule has 5 nitrogen and oxygen atoms in total. The van der Waals surface area contributed by atoms with Gasteiger partial charge in [-0.3, -0.25) is 0 Å². The lowest BCUT2D eigenvalue weighted by Gasteiger charge is -2.24. The second-order valence-corrected chi connectivity index (χ2v) is 5.26. The molecule has 0 aromatic rings. The highest BCUT2D eigenvalue weighted by molar-refractivity contribution is 6.60. The number of hydrogen-bond acceptors (Lipinski definition) is 5. The van der Waals surface area contributed by atoms with Gasteiger partial charge in [-0.1, -0.05) is 0 Å². The van der Waals surface area contributed by atoms with Crippen LogP contribution < -0.4 is 5.11 Å². The molecule has 0 unspecified atom stereocenters. The zero-order valence-electron chi connectivity index (χ0n) is 7.46. The summed E-state index contributed by atoms with van der Waals surface area (Å²) >= 11 is 0. The Bertz CT molecular complexity index is 137. The van der Waals surface area contributed by atoms with Gasteiger partial charge in [-0.05, 0) is 6.42 Å². The van der Waals surface area contributed by atoms with E-state index in [1.165, 1.54) is 21.3 Å². The van der Waals surface area contributed by atoms with Crippen LogP contribution in [0, 0.1) is 0 Å². The molecular formula is C6H13O5Si-. The summed E-state index contributed by atoms with van der Waals surface area (Å²) in [5.74, 6) is -1.13. The molecule has 72 valence electrons. The van der Waals surface area contributed by atoms with Crippen LogP contribution in [0.3, 0.4) is 0 Å². The molecule has 0 spiro atoms. The average Bonchev–Trinajstić information content (AvgIpc) is 2.08. The van der Waals surface area contributed by atoms with E-state index in [-0.39, 0.29) is 12.5 Å². The monoisotopic (exact) mass is 193 g/mol. The molecule has 0 aromatic heterocycles. The van der Waals surface area contributed by atoms with Gasteiger partial charge in [0, 0.05) is 33.3 Å². The summed E-state index contributed by atoms with van der Waals surface area (Å²) in [6, 6.07) is 0.235. The van der Waals surface area contributed by atoms with E-state index < -0.39 is 14.8 Å². The Morgan fingerprint density at radius 1 is 1.25 bits per heavy atom. The molecule has 0 saturated heterocycles. The summed E-state index contributed by atoms with van der Waals surface area (Å²) in [6.45, 7) is 0. The maximum absolute atomic E-state index is 10.1. The predicted octanol–water partition coefficient (Wildman–Crippen LogP) is -0.995. The molecule has 0 saturated carbocycles. The van der Waals surface area contributed by atoms with Crippen molar-refractivity contribution in [2.24, 2.45) is 0 Å². The maximum atomic E-state index is 10.1. The van der Waals surface area contributed by atoms with Gasteiger partial charge >= 0.3 is 8.80 Å². The van der Waals surface area contributed by atoms with Crippen LogP contribution in [0.4, 0.5) is 0 Å². The van der Waals surface area contributed by atoms with Crippen molar-refractivity contribution in [2.45, 2.75) is 12.5 Å². The molecule has 0 heterocycles. The summed E-state index contributed by atoms with van der Waals surface area (Å²) < 4.78 is 15.0. The van der Waals surface area contributed by atoms with Gasteiger partial charge in [-0.15, -0.1) is 0 Å². The van der Waals surface area contributed by atoms with Crippen molar-refractivity contribution in [3.63, 3.8) is 0 Å². The number of carbonyl (C=O) groups is 1. The predicted molar refractivity (Wildman–Crippen MR) is 41.2 cm³/mol. The minimum absolute atomic E-state index is 0.109.